The summed E-state index contributed by atoms with van der Waals surface area (Å²) in [6, 6.07) is 8.30. The van der Waals surface area contributed by atoms with Gasteiger partial charge in [-0.15, -0.1) is 35.6 Å². The summed E-state index contributed by atoms with van der Waals surface area (Å²) in [5.41, 5.74) is 2.12. The van der Waals surface area contributed by atoms with E-state index in [-0.39, 0.29) is 18.3 Å². The Morgan fingerprint density at radius 2 is 1.61 bits per heavy atom. The van der Waals surface area contributed by atoms with Crippen LogP contribution in [0.25, 0.3) is 0 Å². The Hall–Kier alpha value is -1.68. The van der Waals surface area contributed by atoms with Crippen LogP contribution in [0.3, 0.4) is 0 Å². The molecule has 0 atom stereocenters. The highest BCUT2D eigenvalue weighted by molar-refractivity contribution is 6.17. The zero-order valence-corrected chi connectivity index (χ0v) is 14.0. The van der Waals surface area contributed by atoms with Crippen molar-refractivity contribution in [3.05, 3.63) is 53.5 Å². The van der Waals surface area contributed by atoms with Gasteiger partial charge in [0.2, 0.25) is 5.88 Å². The number of pyridine rings is 2. The fraction of sp³-hybridized carbons (Fsp3) is 0.214. The second kappa shape index (κ2) is 11.8. The van der Waals surface area contributed by atoms with Gasteiger partial charge in [0.1, 0.15) is 11.8 Å². The summed E-state index contributed by atoms with van der Waals surface area (Å²) >= 11 is 11.0. The van der Waals surface area contributed by atoms with E-state index >= 15 is 0 Å². The summed E-state index contributed by atoms with van der Waals surface area (Å²) in [5.74, 6) is 0.652. The summed E-state index contributed by atoms with van der Waals surface area (Å²) in [5, 5.41) is 8.36. The molecule has 0 radical (unpaired) electrons. The summed E-state index contributed by atoms with van der Waals surface area (Å²) in [6.07, 6.45) is 3.00. The molecule has 2 rings (SSSR count). The number of halogens is 5. The van der Waals surface area contributed by atoms with Gasteiger partial charge in [-0.3, -0.25) is 0 Å². The van der Waals surface area contributed by atoms with E-state index in [9.17, 15) is 8.78 Å². The summed E-state index contributed by atoms with van der Waals surface area (Å²) < 4.78 is 27.3. The molecule has 0 saturated carbocycles. The molecule has 0 amide bonds. The van der Waals surface area contributed by atoms with Gasteiger partial charge in [0.05, 0.1) is 0 Å². The van der Waals surface area contributed by atoms with Gasteiger partial charge in [0, 0.05) is 30.2 Å². The van der Waals surface area contributed by atoms with Crippen LogP contribution in [0.4, 0.5) is 8.78 Å². The van der Waals surface area contributed by atoms with Crippen molar-refractivity contribution in [3.8, 4) is 11.9 Å². The smallest absolute Gasteiger partial charge is 0.388 e. The third kappa shape index (κ3) is 8.50. The first-order valence-electron chi connectivity index (χ1n) is 5.95. The predicted octanol–water partition coefficient (Wildman–Crippen LogP) is 4.54. The average Bonchev–Trinajstić information content (AvgIpc) is 2.55. The van der Waals surface area contributed by atoms with Crippen LogP contribution in [-0.4, -0.2) is 16.6 Å². The molecular weight excluding hydrogens is 371 g/mol. The Balaban J connectivity index is 0.000000409. The van der Waals surface area contributed by atoms with Gasteiger partial charge in [0.25, 0.3) is 0 Å². The van der Waals surface area contributed by atoms with Crippen molar-refractivity contribution >= 4 is 35.6 Å². The summed E-state index contributed by atoms with van der Waals surface area (Å²) in [4.78, 5) is 7.43. The van der Waals surface area contributed by atoms with Gasteiger partial charge in [-0.25, -0.2) is 9.97 Å². The zero-order chi connectivity index (χ0) is 16.4. The Labute approximate surface area is 148 Å². The topological polar surface area (TPSA) is 58.8 Å². The molecule has 0 aliphatic rings. The third-order valence-electron chi connectivity index (χ3n) is 2.26. The highest BCUT2D eigenvalue weighted by Gasteiger charge is 2.04. The number of rotatable bonds is 4. The average molecular weight is 383 g/mol. The monoisotopic (exact) mass is 381 g/mol. The molecule has 0 fully saturated rings. The lowest BCUT2D eigenvalue weighted by molar-refractivity contribution is -0.0528. The van der Waals surface area contributed by atoms with Crippen molar-refractivity contribution in [3.63, 3.8) is 0 Å². The van der Waals surface area contributed by atoms with Crippen molar-refractivity contribution in [2.24, 2.45) is 0 Å². The Morgan fingerprint density at radius 3 is 1.96 bits per heavy atom. The molecular formula is C14H12Cl3F2N3O. The normalized spacial score (nSPS) is 9.22. The molecule has 0 bridgehead atoms. The standard InChI is InChI=1S/C7H6ClF2NO.C7H5ClN2.ClH/c8-3-5-1-2-6(11-4-5)12-7(9)10;8-3-6-1-2-7(4-9)10-5-6;/h1-2,4,7H,3H2;1-2,5H,3H2;1H. The molecule has 0 saturated heterocycles. The van der Waals surface area contributed by atoms with E-state index in [1.54, 1.807) is 24.4 Å². The highest BCUT2D eigenvalue weighted by Crippen LogP contribution is 2.11. The van der Waals surface area contributed by atoms with Crippen molar-refractivity contribution in [1.29, 1.82) is 5.26 Å². The van der Waals surface area contributed by atoms with E-state index in [0.717, 1.165) is 11.1 Å². The van der Waals surface area contributed by atoms with Crippen LogP contribution >= 0.6 is 35.6 Å². The van der Waals surface area contributed by atoms with Crippen LogP contribution in [0.15, 0.2) is 36.7 Å². The number of alkyl halides is 4. The lowest BCUT2D eigenvalue weighted by Gasteiger charge is -2.02. The quantitative estimate of drug-likeness (QED) is 0.729. The molecule has 9 heteroatoms. The lowest BCUT2D eigenvalue weighted by Crippen LogP contribution is -2.03. The zero-order valence-electron chi connectivity index (χ0n) is 11.6. The maximum atomic E-state index is 11.6. The summed E-state index contributed by atoms with van der Waals surface area (Å²) in [6.45, 7) is -2.83. The van der Waals surface area contributed by atoms with Gasteiger partial charge in [-0.05, 0) is 17.2 Å². The van der Waals surface area contributed by atoms with E-state index in [2.05, 4.69) is 14.7 Å². The molecule has 0 aliphatic heterocycles. The molecule has 0 aromatic carbocycles. The largest absolute Gasteiger partial charge is 0.417 e. The molecule has 23 heavy (non-hydrogen) atoms. The Bertz CT molecular complexity index is 604. The lowest BCUT2D eigenvalue weighted by atomic mass is 10.3. The van der Waals surface area contributed by atoms with Crippen LogP contribution in [0.2, 0.25) is 0 Å². The van der Waals surface area contributed by atoms with Gasteiger partial charge >= 0.3 is 6.61 Å². The van der Waals surface area contributed by atoms with E-state index in [0.29, 0.717) is 17.5 Å². The van der Waals surface area contributed by atoms with E-state index in [1.807, 2.05) is 6.07 Å². The Kier molecular flexibility index (Phi) is 11.0. The van der Waals surface area contributed by atoms with Crippen LogP contribution in [-0.2, 0) is 11.8 Å². The van der Waals surface area contributed by atoms with Crippen molar-refractivity contribution in [1.82, 2.24) is 9.97 Å². The number of hydrogen-bond acceptors (Lipinski definition) is 4. The molecule has 124 valence electrons. The molecule has 4 nitrogen and oxygen atoms in total. The van der Waals surface area contributed by atoms with E-state index in [1.165, 1.54) is 12.3 Å². The van der Waals surface area contributed by atoms with Gasteiger partial charge in [-0.2, -0.15) is 14.0 Å². The molecule has 2 heterocycles. The van der Waals surface area contributed by atoms with Gasteiger partial charge in [-0.1, -0.05) is 12.1 Å². The van der Waals surface area contributed by atoms with Crippen LogP contribution in [0.1, 0.15) is 16.8 Å². The number of nitriles is 1. The predicted molar refractivity (Wildman–Crippen MR) is 86.2 cm³/mol. The van der Waals surface area contributed by atoms with Crippen molar-refractivity contribution < 1.29 is 13.5 Å². The van der Waals surface area contributed by atoms with Crippen LogP contribution in [0.5, 0.6) is 5.88 Å². The van der Waals surface area contributed by atoms with Gasteiger partial charge in [0.15, 0.2) is 0 Å². The first-order valence-corrected chi connectivity index (χ1v) is 7.02. The summed E-state index contributed by atoms with van der Waals surface area (Å²) in [7, 11) is 0. The third-order valence-corrected chi connectivity index (χ3v) is 2.87. The van der Waals surface area contributed by atoms with Crippen LogP contribution < -0.4 is 4.74 Å². The minimum Gasteiger partial charge on any atom is -0.417 e. The number of ether oxygens (including phenoxy) is 1. The molecule has 0 aliphatic carbocycles. The molecule has 0 N–H and O–H groups in total. The number of aromatic nitrogens is 2. The molecule has 0 spiro atoms. The fourth-order valence-electron chi connectivity index (χ4n) is 1.22. The van der Waals surface area contributed by atoms with Crippen LogP contribution in [0, 0.1) is 11.3 Å². The molecule has 2 aromatic heterocycles. The maximum Gasteiger partial charge on any atom is 0.388 e. The number of nitrogens with zero attached hydrogens (tertiary/aromatic N) is 3. The van der Waals surface area contributed by atoms with E-state index in [4.69, 9.17) is 28.5 Å². The number of hydrogen-bond donors (Lipinski definition) is 0. The molecule has 0 unspecified atom stereocenters. The van der Waals surface area contributed by atoms with Gasteiger partial charge < -0.3 is 4.74 Å². The minimum atomic E-state index is -2.83. The maximum absolute atomic E-state index is 11.6. The molecule has 2 aromatic rings. The first-order chi connectivity index (χ1) is 10.6. The van der Waals surface area contributed by atoms with E-state index < -0.39 is 6.61 Å². The second-order valence-corrected chi connectivity index (χ2v) is 4.35. The van der Waals surface area contributed by atoms with Crippen molar-refractivity contribution in [2.75, 3.05) is 0 Å². The second-order valence-electron chi connectivity index (χ2n) is 3.81. The highest BCUT2D eigenvalue weighted by atomic mass is 35.5. The van der Waals surface area contributed by atoms with Crippen molar-refractivity contribution in [2.45, 2.75) is 18.4 Å². The minimum absolute atomic E-state index is 0. The Morgan fingerprint density at radius 1 is 1.04 bits per heavy atom. The first kappa shape index (κ1) is 21.3. The fourth-order valence-corrected chi connectivity index (χ4v) is 1.54. The SMILES string of the molecule is Cl.FC(F)Oc1ccc(CCl)cn1.N#Cc1ccc(CCl)cn1.